The lowest BCUT2D eigenvalue weighted by atomic mass is 10.1. The molecule has 1 amide bonds. The van der Waals surface area contributed by atoms with E-state index in [9.17, 15) is 4.79 Å². The minimum absolute atomic E-state index is 0.000902. The van der Waals surface area contributed by atoms with Crippen molar-refractivity contribution in [3.63, 3.8) is 0 Å². The van der Waals surface area contributed by atoms with Gasteiger partial charge in [-0.3, -0.25) is 9.48 Å². The van der Waals surface area contributed by atoms with E-state index >= 15 is 0 Å². The van der Waals surface area contributed by atoms with Gasteiger partial charge in [-0.1, -0.05) is 24.3 Å². The number of anilines is 1. The van der Waals surface area contributed by atoms with Gasteiger partial charge in [0.1, 0.15) is 0 Å². The number of hydrogen-bond acceptors (Lipinski definition) is 3. The Balaban J connectivity index is 1.59. The molecule has 5 nitrogen and oxygen atoms in total. The van der Waals surface area contributed by atoms with Crippen molar-refractivity contribution in [2.75, 3.05) is 5.32 Å². The first-order valence-corrected chi connectivity index (χ1v) is 7.02. The van der Waals surface area contributed by atoms with Crippen LogP contribution in [0.3, 0.4) is 0 Å². The van der Waals surface area contributed by atoms with Crippen molar-refractivity contribution in [1.82, 2.24) is 9.78 Å². The molecule has 1 aromatic heterocycles. The number of carbonyl (C=O) groups excluding carboxylic acids is 1. The summed E-state index contributed by atoms with van der Waals surface area (Å²) in [6.45, 7) is 0.724. The molecule has 0 spiro atoms. The zero-order valence-electron chi connectivity index (χ0n) is 11.6. The highest BCUT2D eigenvalue weighted by atomic mass is 16.1. The van der Waals surface area contributed by atoms with Gasteiger partial charge in [-0.25, -0.2) is 0 Å². The molecule has 0 bridgehead atoms. The van der Waals surface area contributed by atoms with Crippen molar-refractivity contribution in [2.45, 2.75) is 19.0 Å². The Labute approximate surface area is 123 Å². The lowest BCUT2D eigenvalue weighted by Gasteiger charge is -2.11. The van der Waals surface area contributed by atoms with Crippen LogP contribution >= 0.6 is 0 Å². The lowest BCUT2D eigenvalue weighted by Crippen LogP contribution is -2.23. The van der Waals surface area contributed by atoms with E-state index in [0.717, 1.165) is 17.8 Å². The van der Waals surface area contributed by atoms with Gasteiger partial charge in [0.25, 0.3) is 0 Å². The number of nitrogens with one attached hydrogen (secondary N) is 1. The standard InChI is InChI=1S/C16H18N4O/c17-14-5-4-13(10-14)16(21)19-15-6-2-12(3-7-15)11-20-9-1-8-18-20/h1-9,13-14H,10-11,17H2,(H,19,21). The van der Waals surface area contributed by atoms with Crippen molar-refractivity contribution in [2.24, 2.45) is 11.7 Å². The first-order chi connectivity index (χ1) is 10.2. The highest BCUT2D eigenvalue weighted by molar-refractivity contribution is 5.94. The van der Waals surface area contributed by atoms with Crippen LogP contribution in [-0.2, 0) is 11.3 Å². The number of nitrogens with two attached hydrogens (primary N) is 1. The highest BCUT2D eigenvalue weighted by Gasteiger charge is 2.22. The van der Waals surface area contributed by atoms with E-state index < -0.39 is 0 Å². The molecule has 5 heteroatoms. The maximum absolute atomic E-state index is 12.1. The van der Waals surface area contributed by atoms with E-state index in [4.69, 9.17) is 5.73 Å². The molecule has 0 saturated heterocycles. The van der Waals surface area contributed by atoms with Crippen LogP contribution in [0.4, 0.5) is 5.69 Å². The summed E-state index contributed by atoms with van der Waals surface area (Å²) in [5, 5.41) is 7.09. The summed E-state index contributed by atoms with van der Waals surface area (Å²) in [5.74, 6) is -0.122. The molecule has 0 radical (unpaired) electrons. The first kappa shape index (κ1) is 13.6. The van der Waals surface area contributed by atoms with E-state index in [1.807, 2.05) is 53.4 Å². The second-order valence-corrected chi connectivity index (χ2v) is 5.28. The van der Waals surface area contributed by atoms with Gasteiger partial charge < -0.3 is 11.1 Å². The summed E-state index contributed by atoms with van der Waals surface area (Å²) in [7, 11) is 0. The lowest BCUT2D eigenvalue weighted by molar-refractivity contribution is -0.118. The molecular formula is C16H18N4O. The summed E-state index contributed by atoms with van der Waals surface area (Å²) >= 11 is 0. The van der Waals surface area contributed by atoms with Gasteiger partial charge in [0.05, 0.1) is 12.5 Å². The average Bonchev–Trinajstić information content (AvgIpc) is 3.12. The van der Waals surface area contributed by atoms with Crippen molar-refractivity contribution in [3.05, 3.63) is 60.4 Å². The van der Waals surface area contributed by atoms with Gasteiger partial charge in [0.15, 0.2) is 0 Å². The van der Waals surface area contributed by atoms with E-state index in [1.54, 1.807) is 6.20 Å². The smallest absolute Gasteiger partial charge is 0.231 e. The maximum Gasteiger partial charge on any atom is 0.231 e. The molecule has 1 heterocycles. The zero-order valence-corrected chi connectivity index (χ0v) is 11.6. The fraction of sp³-hybridized carbons (Fsp3) is 0.250. The fourth-order valence-electron chi connectivity index (χ4n) is 2.43. The first-order valence-electron chi connectivity index (χ1n) is 7.02. The van der Waals surface area contributed by atoms with Crippen molar-refractivity contribution in [3.8, 4) is 0 Å². The van der Waals surface area contributed by atoms with E-state index in [-0.39, 0.29) is 17.9 Å². The van der Waals surface area contributed by atoms with Crippen LogP contribution in [0.15, 0.2) is 54.9 Å². The molecule has 3 N–H and O–H groups in total. The van der Waals surface area contributed by atoms with E-state index in [0.29, 0.717) is 6.42 Å². The van der Waals surface area contributed by atoms with Crippen LogP contribution in [0.25, 0.3) is 0 Å². The normalized spacial score (nSPS) is 20.6. The third-order valence-corrected chi connectivity index (χ3v) is 3.58. The number of amides is 1. The van der Waals surface area contributed by atoms with Crippen molar-refractivity contribution in [1.29, 1.82) is 0 Å². The monoisotopic (exact) mass is 282 g/mol. The Kier molecular flexibility index (Phi) is 3.83. The van der Waals surface area contributed by atoms with Crippen LogP contribution < -0.4 is 11.1 Å². The Morgan fingerprint density at radius 1 is 1.33 bits per heavy atom. The summed E-state index contributed by atoms with van der Waals surface area (Å²) in [6.07, 6.45) is 8.13. The van der Waals surface area contributed by atoms with Gasteiger partial charge >= 0.3 is 0 Å². The third kappa shape index (κ3) is 3.38. The van der Waals surface area contributed by atoms with Crippen LogP contribution in [0.1, 0.15) is 12.0 Å². The summed E-state index contributed by atoms with van der Waals surface area (Å²) in [4.78, 5) is 12.1. The highest BCUT2D eigenvalue weighted by Crippen LogP contribution is 2.19. The van der Waals surface area contributed by atoms with E-state index in [1.165, 1.54) is 0 Å². The SMILES string of the molecule is NC1C=CC(C(=O)Nc2ccc(Cn3cccn3)cc2)C1. The number of hydrogen-bond donors (Lipinski definition) is 2. The molecule has 2 atom stereocenters. The Morgan fingerprint density at radius 2 is 2.14 bits per heavy atom. The molecule has 1 aromatic carbocycles. The number of carbonyl (C=O) groups is 1. The molecular weight excluding hydrogens is 264 g/mol. The Hall–Kier alpha value is -2.40. The largest absolute Gasteiger partial charge is 0.326 e. The second kappa shape index (κ2) is 5.93. The molecule has 1 aliphatic rings. The van der Waals surface area contributed by atoms with Crippen LogP contribution in [0.5, 0.6) is 0 Å². The van der Waals surface area contributed by atoms with Gasteiger partial charge in [0, 0.05) is 24.1 Å². The predicted molar refractivity (Wildman–Crippen MR) is 81.6 cm³/mol. The molecule has 0 saturated carbocycles. The quantitative estimate of drug-likeness (QED) is 0.839. The minimum atomic E-state index is -0.122. The fourth-order valence-corrected chi connectivity index (χ4v) is 2.43. The molecule has 2 aromatic rings. The predicted octanol–water partition coefficient (Wildman–Crippen LogP) is 1.77. The minimum Gasteiger partial charge on any atom is -0.326 e. The third-order valence-electron chi connectivity index (χ3n) is 3.58. The second-order valence-electron chi connectivity index (χ2n) is 5.28. The number of aromatic nitrogens is 2. The summed E-state index contributed by atoms with van der Waals surface area (Å²) < 4.78 is 1.86. The average molecular weight is 282 g/mol. The number of benzene rings is 1. The van der Waals surface area contributed by atoms with Gasteiger partial charge in [0.2, 0.25) is 5.91 Å². The van der Waals surface area contributed by atoms with Crippen LogP contribution in [0.2, 0.25) is 0 Å². The van der Waals surface area contributed by atoms with E-state index in [2.05, 4.69) is 10.4 Å². The van der Waals surface area contributed by atoms with Crippen molar-refractivity contribution >= 4 is 11.6 Å². The van der Waals surface area contributed by atoms with Gasteiger partial charge in [-0.2, -0.15) is 5.10 Å². The zero-order chi connectivity index (χ0) is 14.7. The summed E-state index contributed by atoms with van der Waals surface area (Å²) in [5.41, 5.74) is 7.71. The van der Waals surface area contributed by atoms with Crippen LogP contribution in [0, 0.1) is 5.92 Å². The topological polar surface area (TPSA) is 72.9 Å². The Bertz CT molecular complexity index is 631. The summed E-state index contributed by atoms with van der Waals surface area (Å²) in [6, 6.07) is 9.71. The van der Waals surface area contributed by atoms with Crippen molar-refractivity contribution < 1.29 is 4.79 Å². The molecule has 0 aliphatic heterocycles. The molecule has 108 valence electrons. The van der Waals surface area contributed by atoms with Gasteiger partial charge in [-0.15, -0.1) is 0 Å². The maximum atomic E-state index is 12.1. The molecule has 2 unspecified atom stereocenters. The molecule has 0 fully saturated rings. The number of rotatable bonds is 4. The molecule has 3 rings (SSSR count). The molecule has 1 aliphatic carbocycles. The molecule has 21 heavy (non-hydrogen) atoms. The van der Waals surface area contributed by atoms with Gasteiger partial charge in [-0.05, 0) is 30.2 Å². The Morgan fingerprint density at radius 3 is 2.76 bits per heavy atom. The van der Waals surface area contributed by atoms with Crippen LogP contribution in [-0.4, -0.2) is 21.7 Å². The number of nitrogens with zero attached hydrogens (tertiary/aromatic N) is 2.